The molecule has 1 aromatic carbocycles. The Balaban J connectivity index is 1.99. The van der Waals surface area contributed by atoms with Crippen LogP contribution in [0.2, 0.25) is 0 Å². The molecule has 2 nitrogen and oxygen atoms in total. The van der Waals surface area contributed by atoms with Crippen molar-refractivity contribution in [2.24, 2.45) is 0 Å². The Morgan fingerprint density at radius 2 is 1.50 bits per heavy atom. The van der Waals surface area contributed by atoms with E-state index in [2.05, 4.69) is 0 Å². The largest absolute Gasteiger partial charge is 0.365 e. The molecule has 0 amide bonds. The molecule has 2 fully saturated rings. The van der Waals surface area contributed by atoms with E-state index >= 15 is 0 Å². The number of hydrogen-bond donors (Lipinski definition) is 0. The molecular weight excluding hydrogens is 243 g/mol. The number of rotatable bonds is 1. The standard InChI is InChI=1S/C13H12F3NO/c14-11-5-9(6-12(15)13(11)16)17-7-1-2-8(17)4-10(18)3-7/h5-8H,1-4H2. The van der Waals surface area contributed by atoms with E-state index in [1.54, 1.807) is 0 Å². The van der Waals surface area contributed by atoms with E-state index < -0.39 is 17.5 Å². The summed E-state index contributed by atoms with van der Waals surface area (Å²) in [7, 11) is 0. The van der Waals surface area contributed by atoms with Crippen LogP contribution in [0.15, 0.2) is 12.1 Å². The number of fused-ring (bicyclic) bond motifs is 2. The van der Waals surface area contributed by atoms with Crippen molar-refractivity contribution in [1.82, 2.24) is 0 Å². The van der Waals surface area contributed by atoms with E-state index in [4.69, 9.17) is 0 Å². The van der Waals surface area contributed by atoms with Crippen LogP contribution in [0.1, 0.15) is 25.7 Å². The van der Waals surface area contributed by atoms with Gasteiger partial charge in [-0.25, -0.2) is 13.2 Å². The first kappa shape index (κ1) is 11.6. The first-order valence-electron chi connectivity index (χ1n) is 6.01. The van der Waals surface area contributed by atoms with E-state index in [0.29, 0.717) is 18.5 Å². The average Bonchev–Trinajstić information content (AvgIpc) is 2.58. The lowest BCUT2D eigenvalue weighted by molar-refractivity contribution is -0.120. The Morgan fingerprint density at radius 3 is 2.00 bits per heavy atom. The minimum atomic E-state index is -1.45. The van der Waals surface area contributed by atoms with Gasteiger partial charge in [0.25, 0.3) is 0 Å². The number of benzene rings is 1. The average molecular weight is 255 g/mol. The molecule has 3 rings (SSSR count). The molecule has 0 aliphatic carbocycles. The van der Waals surface area contributed by atoms with Gasteiger partial charge >= 0.3 is 0 Å². The monoisotopic (exact) mass is 255 g/mol. The fourth-order valence-electron chi connectivity index (χ4n) is 3.08. The Morgan fingerprint density at radius 1 is 1.00 bits per heavy atom. The second-order valence-corrected chi connectivity index (χ2v) is 4.96. The minimum absolute atomic E-state index is 0.000473. The molecule has 0 radical (unpaired) electrons. The van der Waals surface area contributed by atoms with Gasteiger partial charge in [0.15, 0.2) is 17.5 Å². The zero-order valence-corrected chi connectivity index (χ0v) is 9.63. The summed E-state index contributed by atoms with van der Waals surface area (Å²) in [4.78, 5) is 13.3. The molecule has 96 valence electrons. The van der Waals surface area contributed by atoms with Gasteiger partial charge in [0.2, 0.25) is 0 Å². The summed E-state index contributed by atoms with van der Waals surface area (Å²) < 4.78 is 39.4. The molecule has 2 heterocycles. The fraction of sp³-hybridized carbons (Fsp3) is 0.462. The second kappa shape index (κ2) is 4.00. The fourth-order valence-corrected chi connectivity index (χ4v) is 3.08. The van der Waals surface area contributed by atoms with Gasteiger partial charge in [0.05, 0.1) is 0 Å². The molecule has 2 bridgehead atoms. The Bertz CT molecular complexity index is 478. The van der Waals surface area contributed by atoms with Gasteiger partial charge in [0, 0.05) is 42.7 Å². The maximum Gasteiger partial charge on any atom is 0.194 e. The highest BCUT2D eigenvalue weighted by atomic mass is 19.2. The van der Waals surface area contributed by atoms with Crippen molar-refractivity contribution in [3.63, 3.8) is 0 Å². The Hall–Kier alpha value is -1.52. The minimum Gasteiger partial charge on any atom is -0.365 e. The number of carbonyl (C=O) groups excluding carboxylic acids is 1. The molecule has 2 aliphatic rings. The third kappa shape index (κ3) is 1.69. The van der Waals surface area contributed by atoms with E-state index in [-0.39, 0.29) is 17.9 Å². The molecular formula is C13H12F3NO. The van der Waals surface area contributed by atoms with Gasteiger partial charge in [-0.15, -0.1) is 0 Å². The van der Waals surface area contributed by atoms with E-state index in [1.807, 2.05) is 4.90 Å². The van der Waals surface area contributed by atoms with Gasteiger partial charge in [-0.05, 0) is 12.8 Å². The zero-order chi connectivity index (χ0) is 12.9. The van der Waals surface area contributed by atoms with Crippen molar-refractivity contribution in [1.29, 1.82) is 0 Å². The Labute approximate surface area is 102 Å². The summed E-state index contributed by atoms with van der Waals surface area (Å²) in [6.07, 6.45) is 2.52. The SMILES string of the molecule is O=C1CC2CCC(C1)N2c1cc(F)c(F)c(F)c1. The summed E-state index contributed by atoms with van der Waals surface area (Å²) in [5, 5.41) is 0. The first-order chi connectivity index (χ1) is 8.56. The molecule has 2 atom stereocenters. The number of carbonyl (C=O) groups is 1. The van der Waals surface area contributed by atoms with Crippen molar-refractivity contribution in [3.8, 4) is 0 Å². The highest BCUT2D eigenvalue weighted by Gasteiger charge is 2.40. The molecule has 2 saturated heterocycles. The molecule has 2 unspecified atom stereocenters. The predicted octanol–water partition coefficient (Wildman–Crippen LogP) is 2.80. The van der Waals surface area contributed by atoms with Crippen molar-refractivity contribution in [2.75, 3.05) is 4.90 Å². The van der Waals surface area contributed by atoms with E-state index in [9.17, 15) is 18.0 Å². The van der Waals surface area contributed by atoms with Crippen LogP contribution in [0, 0.1) is 17.5 Å². The quantitative estimate of drug-likeness (QED) is 0.719. The lowest BCUT2D eigenvalue weighted by atomic mass is 10.0. The van der Waals surface area contributed by atoms with Crippen molar-refractivity contribution >= 4 is 11.5 Å². The molecule has 0 N–H and O–H groups in total. The molecule has 5 heteroatoms. The molecule has 2 aliphatic heterocycles. The van der Waals surface area contributed by atoms with Crippen LogP contribution in [-0.4, -0.2) is 17.9 Å². The predicted molar refractivity (Wildman–Crippen MR) is 59.8 cm³/mol. The van der Waals surface area contributed by atoms with Gasteiger partial charge in [-0.2, -0.15) is 0 Å². The third-order valence-corrected chi connectivity index (χ3v) is 3.81. The van der Waals surface area contributed by atoms with Crippen molar-refractivity contribution < 1.29 is 18.0 Å². The third-order valence-electron chi connectivity index (χ3n) is 3.81. The summed E-state index contributed by atoms with van der Waals surface area (Å²) in [5.41, 5.74) is 0.339. The topological polar surface area (TPSA) is 20.3 Å². The normalized spacial score (nSPS) is 26.8. The molecule has 0 spiro atoms. The van der Waals surface area contributed by atoms with Crippen LogP contribution in [0.5, 0.6) is 0 Å². The van der Waals surface area contributed by atoms with Crippen molar-refractivity contribution in [3.05, 3.63) is 29.6 Å². The smallest absolute Gasteiger partial charge is 0.194 e. The number of nitrogens with zero attached hydrogens (tertiary/aromatic N) is 1. The highest BCUT2D eigenvalue weighted by Crippen LogP contribution is 2.38. The zero-order valence-electron chi connectivity index (χ0n) is 9.63. The van der Waals surface area contributed by atoms with Crippen LogP contribution in [0.3, 0.4) is 0 Å². The number of halogens is 3. The summed E-state index contributed by atoms with van der Waals surface area (Å²) >= 11 is 0. The molecule has 0 aromatic heterocycles. The van der Waals surface area contributed by atoms with Gasteiger partial charge in [0.1, 0.15) is 5.78 Å². The summed E-state index contributed by atoms with van der Waals surface area (Å²) in [6, 6.07) is 2.03. The summed E-state index contributed by atoms with van der Waals surface area (Å²) in [6.45, 7) is 0. The number of piperidine rings is 1. The van der Waals surface area contributed by atoms with E-state index in [0.717, 1.165) is 25.0 Å². The van der Waals surface area contributed by atoms with Gasteiger partial charge in [-0.3, -0.25) is 4.79 Å². The van der Waals surface area contributed by atoms with Crippen LogP contribution in [0.4, 0.5) is 18.9 Å². The second-order valence-electron chi connectivity index (χ2n) is 4.96. The summed E-state index contributed by atoms with van der Waals surface area (Å²) in [5.74, 6) is -3.61. The van der Waals surface area contributed by atoms with Gasteiger partial charge in [-0.1, -0.05) is 0 Å². The van der Waals surface area contributed by atoms with Crippen LogP contribution in [-0.2, 0) is 4.79 Å². The lowest BCUT2D eigenvalue weighted by Gasteiger charge is -2.36. The maximum atomic E-state index is 13.2. The highest BCUT2D eigenvalue weighted by molar-refractivity contribution is 5.83. The number of hydrogen-bond acceptors (Lipinski definition) is 2. The number of Topliss-reactive ketones (excluding diaryl/α,β-unsaturated/α-hetero) is 1. The van der Waals surface area contributed by atoms with Crippen LogP contribution in [0.25, 0.3) is 0 Å². The molecule has 18 heavy (non-hydrogen) atoms. The molecule has 0 saturated carbocycles. The molecule has 1 aromatic rings. The van der Waals surface area contributed by atoms with Crippen molar-refractivity contribution in [2.45, 2.75) is 37.8 Å². The first-order valence-corrected chi connectivity index (χ1v) is 6.01. The van der Waals surface area contributed by atoms with Crippen LogP contribution < -0.4 is 4.90 Å². The lowest BCUT2D eigenvalue weighted by Crippen LogP contribution is -2.43. The van der Waals surface area contributed by atoms with E-state index in [1.165, 1.54) is 0 Å². The maximum absolute atomic E-state index is 13.2. The Kier molecular flexibility index (Phi) is 2.57. The number of ketones is 1. The van der Waals surface area contributed by atoms with Gasteiger partial charge < -0.3 is 4.90 Å². The van der Waals surface area contributed by atoms with Crippen LogP contribution >= 0.6 is 0 Å². The number of anilines is 1.